The van der Waals surface area contributed by atoms with Gasteiger partial charge >= 0.3 is 11.9 Å². The van der Waals surface area contributed by atoms with E-state index in [2.05, 4.69) is 0 Å². The van der Waals surface area contributed by atoms with E-state index in [1.165, 1.54) is 0 Å². The van der Waals surface area contributed by atoms with Crippen molar-refractivity contribution >= 4 is 11.9 Å². The Morgan fingerprint density at radius 2 is 1.21 bits per heavy atom. The zero-order valence-electron chi connectivity index (χ0n) is 14.5. The van der Waals surface area contributed by atoms with Crippen molar-refractivity contribution in [3.05, 3.63) is 59.8 Å². The number of rotatable bonds is 8. The van der Waals surface area contributed by atoms with Crippen molar-refractivity contribution in [2.75, 3.05) is 13.2 Å². The van der Waals surface area contributed by atoms with Gasteiger partial charge in [-0.05, 0) is 51.7 Å². The molecule has 0 radical (unpaired) electrons. The van der Waals surface area contributed by atoms with Gasteiger partial charge in [0.2, 0.25) is 0 Å². The minimum Gasteiger partial charge on any atom is -0.458 e. The molecule has 0 saturated heterocycles. The van der Waals surface area contributed by atoms with E-state index in [1.807, 2.05) is 50.3 Å². The van der Waals surface area contributed by atoms with Crippen molar-refractivity contribution in [2.45, 2.75) is 39.5 Å². The summed E-state index contributed by atoms with van der Waals surface area (Å²) in [6.07, 6.45) is 17.5. The minimum absolute atomic E-state index is 0.196. The molecular weight excluding hydrogens is 304 g/mol. The molecule has 0 spiro atoms. The van der Waals surface area contributed by atoms with Crippen LogP contribution in [0.5, 0.6) is 0 Å². The van der Waals surface area contributed by atoms with Crippen LogP contribution in [-0.4, -0.2) is 25.2 Å². The molecule has 0 aromatic heterocycles. The molecule has 0 heterocycles. The quantitative estimate of drug-likeness (QED) is 0.494. The first-order chi connectivity index (χ1) is 11.7. The predicted octanol–water partition coefficient (Wildman–Crippen LogP) is 4.21. The second kappa shape index (κ2) is 12.1. The minimum atomic E-state index is -0.420. The summed E-state index contributed by atoms with van der Waals surface area (Å²) in [4.78, 5) is 24.4. The van der Waals surface area contributed by atoms with Gasteiger partial charge in [-0.2, -0.15) is 0 Å². The maximum atomic E-state index is 12.2. The lowest BCUT2D eigenvalue weighted by atomic mass is 9.92. The van der Waals surface area contributed by atoms with E-state index in [-0.39, 0.29) is 13.2 Å². The van der Waals surface area contributed by atoms with E-state index < -0.39 is 11.9 Å². The Morgan fingerprint density at radius 3 is 1.58 bits per heavy atom. The van der Waals surface area contributed by atoms with E-state index in [0.29, 0.717) is 24.0 Å². The molecule has 4 heteroatoms. The lowest BCUT2D eigenvalue weighted by Crippen LogP contribution is -2.19. The van der Waals surface area contributed by atoms with E-state index in [9.17, 15) is 9.59 Å². The molecule has 0 aliphatic heterocycles. The molecule has 0 fully saturated rings. The monoisotopic (exact) mass is 330 g/mol. The molecule has 0 aromatic rings. The third-order valence-corrected chi connectivity index (χ3v) is 3.46. The van der Waals surface area contributed by atoms with E-state index >= 15 is 0 Å². The molecule has 0 unspecified atom stereocenters. The molecule has 0 amide bonds. The van der Waals surface area contributed by atoms with Gasteiger partial charge in [-0.15, -0.1) is 0 Å². The van der Waals surface area contributed by atoms with Crippen molar-refractivity contribution in [1.29, 1.82) is 0 Å². The molecule has 0 bridgehead atoms. The van der Waals surface area contributed by atoms with Gasteiger partial charge in [0.05, 0.1) is 0 Å². The lowest BCUT2D eigenvalue weighted by molar-refractivity contribution is -0.141. The Kier molecular flexibility index (Phi) is 9.93. The summed E-state index contributed by atoms with van der Waals surface area (Å²) < 4.78 is 10.4. The van der Waals surface area contributed by atoms with Gasteiger partial charge in [-0.25, -0.2) is 9.59 Å². The number of esters is 2. The van der Waals surface area contributed by atoms with Crippen LogP contribution < -0.4 is 0 Å². The number of ether oxygens (including phenoxy) is 2. The number of hydrogen-bond donors (Lipinski definition) is 0. The molecule has 1 rings (SSSR count). The SMILES string of the molecule is C/C=C/C=C/COC(=O)C1=C(C(=O)OC/C=C/C=C/C)CCCC1. The van der Waals surface area contributed by atoms with Gasteiger partial charge < -0.3 is 9.47 Å². The summed E-state index contributed by atoms with van der Waals surface area (Å²) in [7, 11) is 0. The second-order valence-electron chi connectivity index (χ2n) is 5.27. The highest BCUT2D eigenvalue weighted by molar-refractivity contribution is 6.00. The highest BCUT2D eigenvalue weighted by Crippen LogP contribution is 2.26. The largest absolute Gasteiger partial charge is 0.458 e. The number of carbonyl (C=O) groups excluding carboxylic acids is 2. The first kappa shape index (κ1) is 19.7. The molecule has 0 aromatic carbocycles. The van der Waals surface area contributed by atoms with Crippen LogP contribution in [0, 0.1) is 0 Å². The molecule has 1 aliphatic rings. The molecule has 0 N–H and O–H groups in total. The van der Waals surface area contributed by atoms with Gasteiger partial charge in [0.15, 0.2) is 0 Å². The summed E-state index contributed by atoms with van der Waals surface area (Å²) >= 11 is 0. The van der Waals surface area contributed by atoms with Crippen molar-refractivity contribution in [2.24, 2.45) is 0 Å². The standard InChI is InChI=1S/C20H26O4/c1-3-5-7-11-15-23-19(21)17-13-9-10-14-18(17)20(22)24-16-12-8-6-4-2/h3-8,11-12H,9-10,13-16H2,1-2H3/b5-3+,6-4+,11-7+,12-8+. The summed E-state index contributed by atoms with van der Waals surface area (Å²) in [6, 6.07) is 0. The van der Waals surface area contributed by atoms with E-state index in [4.69, 9.17) is 9.47 Å². The van der Waals surface area contributed by atoms with Crippen molar-refractivity contribution in [1.82, 2.24) is 0 Å². The molecular formula is C20H26O4. The van der Waals surface area contributed by atoms with Crippen LogP contribution in [0.4, 0.5) is 0 Å². The third kappa shape index (κ3) is 7.27. The number of hydrogen-bond acceptors (Lipinski definition) is 4. The third-order valence-electron chi connectivity index (χ3n) is 3.46. The molecule has 0 atom stereocenters. The molecule has 4 nitrogen and oxygen atoms in total. The number of carbonyl (C=O) groups is 2. The maximum Gasteiger partial charge on any atom is 0.334 e. The fraction of sp³-hybridized carbons (Fsp3) is 0.400. The predicted molar refractivity (Wildman–Crippen MR) is 95.3 cm³/mol. The Balaban J connectivity index is 2.64. The zero-order valence-corrected chi connectivity index (χ0v) is 14.5. The van der Waals surface area contributed by atoms with Crippen molar-refractivity contribution in [3.63, 3.8) is 0 Å². The van der Waals surface area contributed by atoms with Gasteiger partial charge in [0.25, 0.3) is 0 Å². The van der Waals surface area contributed by atoms with Crippen LogP contribution in [0.15, 0.2) is 59.8 Å². The Labute approximate surface area is 144 Å². The van der Waals surface area contributed by atoms with Crippen LogP contribution >= 0.6 is 0 Å². The van der Waals surface area contributed by atoms with Crippen LogP contribution in [0.2, 0.25) is 0 Å². The van der Waals surface area contributed by atoms with Crippen LogP contribution in [0.25, 0.3) is 0 Å². The zero-order chi connectivity index (χ0) is 17.6. The maximum absolute atomic E-state index is 12.2. The van der Waals surface area contributed by atoms with Crippen molar-refractivity contribution < 1.29 is 19.1 Å². The Hall–Kier alpha value is -2.36. The van der Waals surface area contributed by atoms with Gasteiger partial charge in [-0.3, -0.25) is 0 Å². The first-order valence-electron chi connectivity index (χ1n) is 8.32. The van der Waals surface area contributed by atoms with Crippen LogP contribution in [-0.2, 0) is 19.1 Å². The smallest absolute Gasteiger partial charge is 0.334 e. The Bertz CT molecular complexity index is 512. The van der Waals surface area contributed by atoms with Crippen molar-refractivity contribution in [3.8, 4) is 0 Å². The fourth-order valence-electron chi connectivity index (χ4n) is 2.27. The highest BCUT2D eigenvalue weighted by Gasteiger charge is 2.25. The van der Waals surface area contributed by atoms with E-state index in [0.717, 1.165) is 12.8 Å². The summed E-state index contributed by atoms with van der Waals surface area (Å²) in [5, 5.41) is 0. The topological polar surface area (TPSA) is 52.6 Å². The van der Waals surface area contributed by atoms with Gasteiger partial charge in [0, 0.05) is 11.1 Å². The van der Waals surface area contributed by atoms with Crippen LogP contribution in [0.1, 0.15) is 39.5 Å². The highest BCUT2D eigenvalue weighted by atomic mass is 16.5. The first-order valence-corrected chi connectivity index (χ1v) is 8.32. The van der Waals surface area contributed by atoms with Gasteiger partial charge in [-0.1, -0.05) is 36.5 Å². The molecule has 1 aliphatic carbocycles. The average molecular weight is 330 g/mol. The number of allylic oxidation sites excluding steroid dienone is 6. The van der Waals surface area contributed by atoms with E-state index in [1.54, 1.807) is 12.2 Å². The second-order valence-corrected chi connectivity index (χ2v) is 5.27. The molecule has 24 heavy (non-hydrogen) atoms. The van der Waals surface area contributed by atoms with Crippen LogP contribution in [0.3, 0.4) is 0 Å². The summed E-state index contributed by atoms with van der Waals surface area (Å²) in [5.74, 6) is -0.840. The average Bonchev–Trinajstić information content (AvgIpc) is 2.61. The molecule has 130 valence electrons. The normalized spacial score (nSPS) is 15.9. The molecule has 0 saturated carbocycles. The fourth-order valence-corrected chi connectivity index (χ4v) is 2.27. The van der Waals surface area contributed by atoms with Gasteiger partial charge in [0.1, 0.15) is 13.2 Å². The summed E-state index contributed by atoms with van der Waals surface area (Å²) in [6.45, 7) is 4.21. The lowest BCUT2D eigenvalue weighted by Gasteiger charge is -2.17. The Morgan fingerprint density at radius 1 is 0.792 bits per heavy atom. The summed E-state index contributed by atoms with van der Waals surface area (Å²) in [5.41, 5.74) is 0.922.